The van der Waals surface area contributed by atoms with Gasteiger partial charge in [0.15, 0.2) is 0 Å². The minimum Gasteiger partial charge on any atom is -0.496 e. The number of aliphatic hydroxyl groups is 1. The minimum absolute atomic E-state index is 0.0566. The highest BCUT2D eigenvalue weighted by molar-refractivity contribution is 7.12. The van der Waals surface area contributed by atoms with Crippen molar-refractivity contribution in [3.63, 3.8) is 0 Å². The molecule has 0 aliphatic heterocycles. The molecule has 0 saturated carbocycles. The van der Waals surface area contributed by atoms with Crippen molar-refractivity contribution >= 4 is 17.2 Å². The molecule has 0 bridgehead atoms. The van der Waals surface area contributed by atoms with E-state index in [4.69, 9.17) is 9.84 Å². The van der Waals surface area contributed by atoms with Crippen molar-refractivity contribution in [2.45, 2.75) is 25.8 Å². The van der Waals surface area contributed by atoms with E-state index in [1.54, 1.807) is 18.6 Å². The third-order valence-electron chi connectivity index (χ3n) is 2.22. The number of methoxy groups -OCH3 is 1. The average molecular weight is 243 g/mol. The number of amides is 1. The van der Waals surface area contributed by atoms with Crippen molar-refractivity contribution in [1.82, 2.24) is 5.32 Å². The number of rotatable bonds is 5. The van der Waals surface area contributed by atoms with Gasteiger partial charge < -0.3 is 15.2 Å². The van der Waals surface area contributed by atoms with E-state index in [9.17, 15) is 4.79 Å². The molecule has 0 radical (unpaired) electrons. The fraction of sp³-hybridized carbons (Fsp3) is 0.545. The molecule has 1 heterocycles. The normalized spacial score (nSPS) is 11.2. The predicted molar refractivity (Wildman–Crippen MR) is 64.1 cm³/mol. The Balaban J connectivity index is 2.65. The second kappa shape index (κ2) is 5.32. The van der Waals surface area contributed by atoms with Crippen LogP contribution in [0.3, 0.4) is 0 Å². The van der Waals surface area contributed by atoms with Crippen LogP contribution in [-0.4, -0.2) is 30.3 Å². The Labute approximate surface area is 99.2 Å². The topological polar surface area (TPSA) is 58.6 Å². The highest BCUT2D eigenvalue weighted by atomic mass is 32.1. The van der Waals surface area contributed by atoms with Crippen LogP contribution < -0.4 is 10.1 Å². The lowest BCUT2D eigenvalue weighted by Gasteiger charge is -2.24. The first kappa shape index (κ1) is 13.0. The summed E-state index contributed by atoms with van der Waals surface area (Å²) in [5.74, 6) is 0.557. The highest BCUT2D eigenvalue weighted by Gasteiger charge is 2.21. The first-order valence-electron chi connectivity index (χ1n) is 5.04. The van der Waals surface area contributed by atoms with Gasteiger partial charge in [0.05, 0.1) is 12.0 Å². The van der Waals surface area contributed by atoms with Gasteiger partial charge in [0.1, 0.15) is 5.75 Å². The maximum absolute atomic E-state index is 11.8. The molecular formula is C11H17NO3S. The van der Waals surface area contributed by atoms with Crippen LogP contribution in [0.25, 0.3) is 0 Å². The summed E-state index contributed by atoms with van der Waals surface area (Å²) in [6.45, 7) is 3.82. The molecule has 0 spiro atoms. The maximum Gasteiger partial charge on any atom is 0.261 e. The Kier molecular flexibility index (Phi) is 4.32. The average Bonchev–Trinajstić information content (AvgIpc) is 2.64. The molecule has 0 aliphatic carbocycles. The van der Waals surface area contributed by atoms with E-state index in [0.717, 1.165) is 0 Å². The number of carbonyl (C=O) groups excluding carboxylic acids is 1. The van der Waals surface area contributed by atoms with Gasteiger partial charge in [-0.15, -0.1) is 11.3 Å². The molecule has 1 amide bonds. The number of thiophene rings is 1. The molecule has 5 heteroatoms. The molecule has 0 aromatic carbocycles. The number of aliphatic hydroxyl groups excluding tert-OH is 1. The zero-order valence-electron chi connectivity index (χ0n) is 9.74. The molecule has 2 N–H and O–H groups in total. The van der Waals surface area contributed by atoms with E-state index in [0.29, 0.717) is 17.0 Å². The van der Waals surface area contributed by atoms with E-state index in [2.05, 4.69) is 5.32 Å². The van der Waals surface area contributed by atoms with Crippen LogP contribution in [-0.2, 0) is 0 Å². The Bertz CT molecular complexity index is 360. The monoisotopic (exact) mass is 243 g/mol. The molecular weight excluding hydrogens is 226 g/mol. The largest absolute Gasteiger partial charge is 0.496 e. The molecule has 0 saturated heterocycles. The van der Waals surface area contributed by atoms with Crippen molar-refractivity contribution in [1.29, 1.82) is 0 Å². The van der Waals surface area contributed by atoms with E-state index >= 15 is 0 Å². The molecule has 1 aromatic heterocycles. The van der Waals surface area contributed by atoms with Crippen LogP contribution in [0.15, 0.2) is 11.4 Å². The van der Waals surface area contributed by atoms with Crippen molar-refractivity contribution in [3.05, 3.63) is 16.3 Å². The van der Waals surface area contributed by atoms with Crippen molar-refractivity contribution < 1.29 is 14.6 Å². The summed E-state index contributed by atoms with van der Waals surface area (Å²) in [5, 5.41) is 13.5. The fourth-order valence-electron chi connectivity index (χ4n) is 1.26. The van der Waals surface area contributed by atoms with Gasteiger partial charge in [-0.1, -0.05) is 0 Å². The molecule has 90 valence electrons. The molecule has 16 heavy (non-hydrogen) atoms. The SMILES string of the molecule is COc1csc(C(=O)NC(C)(C)CCO)c1. The lowest BCUT2D eigenvalue weighted by atomic mass is 10.0. The van der Waals surface area contributed by atoms with Crippen molar-refractivity contribution in [3.8, 4) is 5.75 Å². The zero-order chi connectivity index (χ0) is 12.2. The Morgan fingerprint density at radius 3 is 2.81 bits per heavy atom. The van der Waals surface area contributed by atoms with Crippen LogP contribution >= 0.6 is 11.3 Å². The maximum atomic E-state index is 11.8. The van der Waals surface area contributed by atoms with Crippen LogP contribution in [0, 0.1) is 0 Å². The highest BCUT2D eigenvalue weighted by Crippen LogP contribution is 2.21. The lowest BCUT2D eigenvalue weighted by Crippen LogP contribution is -2.43. The summed E-state index contributed by atoms with van der Waals surface area (Å²) in [6, 6.07) is 1.70. The standard InChI is InChI=1S/C11H17NO3S/c1-11(2,4-5-13)12-10(14)9-6-8(15-3)7-16-9/h6-7,13H,4-5H2,1-3H3,(H,12,14). The van der Waals surface area contributed by atoms with Gasteiger partial charge in [-0.2, -0.15) is 0 Å². The second-order valence-electron chi connectivity index (χ2n) is 4.16. The second-order valence-corrected chi connectivity index (χ2v) is 5.07. The van der Waals surface area contributed by atoms with Crippen molar-refractivity contribution in [2.24, 2.45) is 0 Å². The molecule has 4 nitrogen and oxygen atoms in total. The number of hydrogen-bond donors (Lipinski definition) is 2. The molecule has 0 aliphatic rings. The van der Waals surface area contributed by atoms with E-state index in [1.165, 1.54) is 11.3 Å². The van der Waals surface area contributed by atoms with Crippen LogP contribution in [0.2, 0.25) is 0 Å². The summed E-state index contributed by atoms with van der Waals surface area (Å²) in [5.41, 5.74) is -0.400. The van der Waals surface area contributed by atoms with Gasteiger partial charge in [0.25, 0.3) is 5.91 Å². The van der Waals surface area contributed by atoms with Gasteiger partial charge in [-0.3, -0.25) is 4.79 Å². The van der Waals surface area contributed by atoms with Gasteiger partial charge >= 0.3 is 0 Å². The quantitative estimate of drug-likeness (QED) is 0.826. The Hall–Kier alpha value is -1.07. The van der Waals surface area contributed by atoms with Crippen LogP contribution in [0.5, 0.6) is 5.75 Å². The van der Waals surface area contributed by atoms with Gasteiger partial charge in [0, 0.05) is 23.6 Å². The number of nitrogens with one attached hydrogen (secondary N) is 1. The Morgan fingerprint density at radius 1 is 1.62 bits per heavy atom. The van der Waals surface area contributed by atoms with Gasteiger partial charge in [-0.25, -0.2) is 0 Å². The van der Waals surface area contributed by atoms with E-state index in [-0.39, 0.29) is 12.5 Å². The zero-order valence-corrected chi connectivity index (χ0v) is 10.6. The smallest absolute Gasteiger partial charge is 0.261 e. The third-order valence-corrected chi connectivity index (χ3v) is 3.13. The third kappa shape index (κ3) is 3.50. The van der Waals surface area contributed by atoms with Crippen LogP contribution in [0.4, 0.5) is 0 Å². The first-order valence-corrected chi connectivity index (χ1v) is 5.92. The molecule has 0 unspecified atom stereocenters. The number of carbonyl (C=O) groups is 1. The van der Waals surface area contributed by atoms with E-state index < -0.39 is 5.54 Å². The van der Waals surface area contributed by atoms with Crippen LogP contribution in [0.1, 0.15) is 29.9 Å². The van der Waals surface area contributed by atoms with Crippen molar-refractivity contribution in [2.75, 3.05) is 13.7 Å². The number of hydrogen-bond acceptors (Lipinski definition) is 4. The number of ether oxygens (including phenoxy) is 1. The van der Waals surface area contributed by atoms with E-state index in [1.807, 2.05) is 13.8 Å². The minimum atomic E-state index is -0.400. The van der Waals surface area contributed by atoms with Gasteiger partial charge in [0.2, 0.25) is 0 Å². The molecule has 1 aromatic rings. The summed E-state index contributed by atoms with van der Waals surface area (Å²) < 4.78 is 5.01. The predicted octanol–water partition coefficient (Wildman–Crippen LogP) is 1.65. The lowest BCUT2D eigenvalue weighted by molar-refractivity contribution is 0.0903. The Morgan fingerprint density at radius 2 is 2.31 bits per heavy atom. The fourth-order valence-corrected chi connectivity index (χ4v) is 2.01. The summed E-state index contributed by atoms with van der Waals surface area (Å²) in [7, 11) is 1.57. The molecule has 0 fully saturated rings. The van der Waals surface area contributed by atoms with Gasteiger partial charge in [-0.05, 0) is 20.3 Å². The molecule has 1 rings (SSSR count). The first-order chi connectivity index (χ1) is 7.48. The summed E-state index contributed by atoms with van der Waals surface area (Å²) in [4.78, 5) is 12.4. The summed E-state index contributed by atoms with van der Waals surface area (Å²) >= 11 is 1.34. The molecule has 0 atom stereocenters. The summed E-state index contributed by atoms with van der Waals surface area (Å²) in [6.07, 6.45) is 0.529.